The van der Waals surface area contributed by atoms with E-state index in [4.69, 9.17) is 9.52 Å². The van der Waals surface area contributed by atoms with Crippen molar-refractivity contribution >= 4 is 40.1 Å². The number of aromatic nitrogens is 2. The number of hydrogen-bond donors (Lipinski definition) is 2. The van der Waals surface area contributed by atoms with Crippen molar-refractivity contribution in [2.75, 3.05) is 5.32 Å². The van der Waals surface area contributed by atoms with Crippen LogP contribution in [0.5, 0.6) is 0 Å². The molecule has 0 aliphatic carbocycles. The Bertz CT molecular complexity index is 688. The monoisotopic (exact) mass is 341 g/mol. The van der Waals surface area contributed by atoms with Gasteiger partial charge in [0, 0.05) is 5.41 Å². The zero-order chi connectivity index (χ0) is 16.3. The standard InChI is InChI=1S/C13H15N3O4S2/c1-13(2,3)10(19)14-11-15-16-12(22-11)21-6-7-4-5-8(20-7)9(17)18/h4-5H,6H2,1-3H3,(H,17,18)(H,14,15,19). The van der Waals surface area contributed by atoms with Crippen molar-refractivity contribution in [1.29, 1.82) is 0 Å². The molecule has 2 aromatic heterocycles. The lowest BCUT2D eigenvalue weighted by Crippen LogP contribution is -2.27. The minimum atomic E-state index is -1.10. The second-order valence-electron chi connectivity index (χ2n) is 5.44. The maximum absolute atomic E-state index is 11.8. The van der Waals surface area contributed by atoms with Gasteiger partial charge in [0.1, 0.15) is 5.76 Å². The summed E-state index contributed by atoms with van der Waals surface area (Å²) in [4.78, 5) is 22.6. The average Bonchev–Trinajstić information content (AvgIpc) is 3.03. The first kappa shape index (κ1) is 16.5. The lowest BCUT2D eigenvalue weighted by Gasteiger charge is -2.15. The molecule has 0 fully saturated rings. The Balaban J connectivity index is 1.92. The molecule has 22 heavy (non-hydrogen) atoms. The van der Waals surface area contributed by atoms with Crippen molar-refractivity contribution in [1.82, 2.24) is 10.2 Å². The molecule has 1 amide bonds. The zero-order valence-electron chi connectivity index (χ0n) is 12.2. The van der Waals surface area contributed by atoms with Gasteiger partial charge in [-0.1, -0.05) is 43.9 Å². The highest BCUT2D eigenvalue weighted by Crippen LogP contribution is 2.29. The van der Waals surface area contributed by atoms with Crippen molar-refractivity contribution in [3.63, 3.8) is 0 Å². The van der Waals surface area contributed by atoms with Crippen LogP contribution >= 0.6 is 23.1 Å². The molecule has 9 heteroatoms. The number of anilines is 1. The molecular formula is C13H15N3O4S2. The lowest BCUT2D eigenvalue weighted by molar-refractivity contribution is -0.123. The van der Waals surface area contributed by atoms with Gasteiger partial charge < -0.3 is 14.8 Å². The summed E-state index contributed by atoms with van der Waals surface area (Å²) in [6.07, 6.45) is 0. The molecule has 2 rings (SSSR count). The molecule has 0 aliphatic rings. The van der Waals surface area contributed by atoms with Crippen molar-refractivity contribution in [2.45, 2.75) is 30.9 Å². The maximum atomic E-state index is 11.8. The molecule has 118 valence electrons. The SMILES string of the molecule is CC(C)(C)C(=O)Nc1nnc(SCc2ccc(C(=O)O)o2)s1. The number of furan rings is 1. The largest absolute Gasteiger partial charge is 0.475 e. The highest BCUT2D eigenvalue weighted by atomic mass is 32.2. The van der Waals surface area contributed by atoms with Crippen LogP contribution in [0, 0.1) is 5.41 Å². The third-order valence-electron chi connectivity index (χ3n) is 2.52. The van der Waals surface area contributed by atoms with E-state index in [1.54, 1.807) is 6.07 Å². The molecule has 0 bridgehead atoms. The Kier molecular flexibility index (Phi) is 4.87. The van der Waals surface area contributed by atoms with Crippen molar-refractivity contribution in [2.24, 2.45) is 5.41 Å². The number of nitrogens with one attached hydrogen (secondary N) is 1. The van der Waals surface area contributed by atoms with Crippen LogP contribution in [-0.4, -0.2) is 27.2 Å². The Hall–Kier alpha value is -1.87. The van der Waals surface area contributed by atoms with Gasteiger partial charge in [-0.15, -0.1) is 10.2 Å². The van der Waals surface area contributed by atoms with E-state index in [9.17, 15) is 9.59 Å². The predicted octanol–water partition coefficient (Wildman–Crippen LogP) is 3.11. The number of aromatic carboxylic acids is 1. The summed E-state index contributed by atoms with van der Waals surface area (Å²) in [6.45, 7) is 5.45. The molecule has 0 saturated heterocycles. The van der Waals surface area contributed by atoms with Crippen LogP contribution in [0.25, 0.3) is 0 Å². The van der Waals surface area contributed by atoms with E-state index in [0.717, 1.165) is 0 Å². The van der Waals surface area contributed by atoms with E-state index >= 15 is 0 Å². The van der Waals surface area contributed by atoms with Crippen LogP contribution in [0.2, 0.25) is 0 Å². The third kappa shape index (κ3) is 4.31. The number of rotatable bonds is 5. The van der Waals surface area contributed by atoms with E-state index in [1.165, 1.54) is 29.2 Å². The van der Waals surface area contributed by atoms with Crippen molar-refractivity contribution in [3.8, 4) is 0 Å². The quantitative estimate of drug-likeness (QED) is 0.636. The highest BCUT2D eigenvalue weighted by Gasteiger charge is 2.22. The molecule has 2 aromatic rings. The topological polar surface area (TPSA) is 105 Å². The van der Waals surface area contributed by atoms with Crippen molar-refractivity contribution < 1.29 is 19.1 Å². The smallest absolute Gasteiger partial charge is 0.371 e. The van der Waals surface area contributed by atoms with E-state index in [0.29, 0.717) is 21.0 Å². The van der Waals surface area contributed by atoms with Crippen LogP contribution in [0.15, 0.2) is 20.9 Å². The van der Waals surface area contributed by atoms with Gasteiger partial charge in [-0.25, -0.2) is 4.79 Å². The van der Waals surface area contributed by atoms with Crippen LogP contribution in [0.1, 0.15) is 37.1 Å². The maximum Gasteiger partial charge on any atom is 0.371 e. The van der Waals surface area contributed by atoms with E-state index < -0.39 is 11.4 Å². The fraction of sp³-hybridized carbons (Fsp3) is 0.385. The molecular weight excluding hydrogens is 326 g/mol. The summed E-state index contributed by atoms with van der Waals surface area (Å²) in [5.74, 6) is -0.338. The molecule has 0 aromatic carbocycles. The molecule has 2 N–H and O–H groups in total. The number of carboxylic acids is 1. The Morgan fingerprint density at radius 1 is 1.36 bits per heavy atom. The Morgan fingerprint density at radius 3 is 2.68 bits per heavy atom. The van der Waals surface area contributed by atoms with Crippen LogP contribution < -0.4 is 5.32 Å². The normalized spacial score (nSPS) is 11.4. The molecule has 0 saturated carbocycles. The van der Waals surface area contributed by atoms with Gasteiger partial charge in [0.25, 0.3) is 0 Å². The second-order valence-corrected chi connectivity index (χ2v) is 7.64. The Morgan fingerprint density at radius 2 is 2.09 bits per heavy atom. The van der Waals surface area contributed by atoms with Gasteiger partial charge >= 0.3 is 5.97 Å². The number of carbonyl (C=O) groups excluding carboxylic acids is 1. The number of carbonyl (C=O) groups is 2. The first-order valence-electron chi connectivity index (χ1n) is 6.35. The predicted molar refractivity (Wildman–Crippen MR) is 83.2 cm³/mol. The molecule has 2 heterocycles. The first-order chi connectivity index (χ1) is 10.3. The Labute approximate surface area is 135 Å². The summed E-state index contributed by atoms with van der Waals surface area (Å²) in [7, 11) is 0. The van der Waals surface area contributed by atoms with Crippen LogP contribution in [0.4, 0.5) is 5.13 Å². The first-order valence-corrected chi connectivity index (χ1v) is 8.15. The number of carboxylic acid groups (broad SMARTS) is 1. The highest BCUT2D eigenvalue weighted by molar-refractivity contribution is 8.00. The molecule has 0 unspecified atom stereocenters. The van der Waals surface area contributed by atoms with E-state index in [2.05, 4.69) is 15.5 Å². The number of thioether (sulfide) groups is 1. The average molecular weight is 341 g/mol. The lowest BCUT2D eigenvalue weighted by atomic mass is 9.96. The summed E-state index contributed by atoms with van der Waals surface area (Å²) in [5, 5.41) is 19.8. The molecule has 0 atom stereocenters. The fourth-order valence-electron chi connectivity index (χ4n) is 1.31. The minimum absolute atomic E-state index is 0.0917. The minimum Gasteiger partial charge on any atom is -0.475 e. The van der Waals surface area contributed by atoms with Gasteiger partial charge in [-0.05, 0) is 12.1 Å². The van der Waals surface area contributed by atoms with Gasteiger partial charge in [-0.2, -0.15) is 0 Å². The van der Waals surface area contributed by atoms with Crippen LogP contribution in [-0.2, 0) is 10.5 Å². The number of nitrogens with zero attached hydrogens (tertiary/aromatic N) is 2. The van der Waals surface area contributed by atoms with Gasteiger partial charge in [-0.3, -0.25) is 4.79 Å². The summed E-state index contributed by atoms with van der Waals surface area (Å²) < 4.78 is 5.81. The molecule has 0 radical (unpaired) electrons. The van der Waals surface area contributed by atoms with Crippen molar-refractivity contribution in [3.05, 3.63) is 23.7 Å². The van der Waals surface area contributed by atoms with E-state index in [1.807, 2.05) is 20.8 Å². The zero-order valence-corrected chi connectivity index (χ0v) is 13.9. The summed E-state index contributed by atoms with van der Waals surface area (Å²) >= 11 is 2.62. The van der Waals surface area contributed by atoms with Gasteiger partial charge in [0.2, 0.25) is 16.8 Å². The third-order valence-corrected chi connectivity index (χ3v) is 4.51. The molecule has 7 nitrogen and oxygen atoms in total. The molecule has 0 spiro atoms. The van der Waals surface area contributed by atoms with Crippen LogP contribution in [0.3, 0.4) is 0 Å². The number of hydrogen-bond acceptors (Lipinski definition) is 7. The number of amides is 1. The van der Waals surface area contributed by atoms with Gasteiger partial charge in [0.05, 0.1) is 5.75 Å². The molecule has 0 aliphatic heterocycles. The van der Waals surface area contributed by atoms with Gasteiger partial charge in [0.15, 0.2) is 4.34 Å². The fourth-order valence-corrected chi connectivity index (χ4v) is 2.95. The van der Waals surface area contributed by atoms with E-state index in [-0.39, 0.29) is 11.7 Å². The summed E-state index contributed by atoms with van der Waals surface area (Å²) in [5.41, 5.74) is -0.500. The summed E-state index contributed by atoms with van der Waals surface area (Å²) in [6, 6.07) is 3.02. The second kappa shape index (κ2) is 6.49.